The molecule has 0 spiro atoms. The Labute approximate surface area is 101 Å². The van der Waals surface area contributed by atoms with E-state index >= 15 is 0 Å². The lowest BCUT2D eigenvalue weighted by atomic mass is 10.1. The van der Waals surface area contributed by atoms with Gasteiger partial charge in [0.15, 0.2) is 0 Å². The molecule has 1 aromatic rings. The third-order valence-electron chi connectivity index (χ3n) is 3.20. The number of benzene rings is 1. The molecule has 1 fully saturated rings. The zero-order valence-electron chi connectivity index (χ0n) is 10.4. The van der Waals surface area contributed by atoms with Crippen molar-refractivity contribution in [1.29, 1.82) is 0 Å². The minimum absolute atomic E-state index is 0.180. The van der Waals surface area contributed by atoms with E-state index in [2.05, 4.69) is 0 Å². The van der Waals surface area contributed by atoms with E-state index < -0.39 is 5.82 Å². The van der Waals surface area contributed by atoms with E-state index in [9.17, 15) is 9.18 Å². The summed E-state index contributed by atoms with van der Waals surface area (Å²) in [6.45, 7) is 5.22. The predicted octanol–water partition coefficient (Wildman–Crippen LogP) is 3.01. The highest BCUT2D eigenvalue weighted by Crippen LogP contribution is 2.30. The van der Waals surface area contributed by atoms with Crippen molar-refractivity contribution in [3.63, 3.8) is 0 Å². The monoisotopic (exact) mass is 235 g/mol. The first-order valence-corrected chi connectivity index (χ1v) is 6.17. The molecule has 0 heterocycles. The van der Waals surface area contributed by atoms with Crippen molar-refractivity contribution in [3.05, 3.63) is 35.1 Å². The fraction of sp³-hybridized carbons (Fsp3) is 0.500. The van der Waals surface area contributed by atoms with Crippen LogP contribution in [0.1, 0.15) is 35.7 Å². The van der Waals surface area contributed by atoms with E-state index in [1.807, 2.05) is 13.8 Å². The maximum absolute atomic E-state index is 13.6. The van der Waals surface area contributed by atoms with Gasteiger partial charge in [-0.2, -0.15) is 0 Å². The average Bonchev–Trinajstić information content (AvgIpc) is 3.12. The van der Waals surface area contributed by atoms with E-state index in [1.165, 1.54) is 18.9 Å². The maximum atomic E-state index is 13.6. The molecule has 1 aliphatic carbocycles. The van der Waals surface area contributed by atoms with Gasteiger partial charge in [0.05, 0.1) is 5.56 Å². The van der Waals surface area contributed by atoms with Crippen molar-refractivity contribution in [2.45, 2.75) is 26.7 Å². The summed E-state index contributed by atoms with van der Waals surface area (Å²) in [5.74, 6) is 0.0298. The minimum Gasteiger partial charge on any atom is -0.339 e. The zero-order chi connectivity index (χ0) is 12.4. The normalized spacial score (nSPS) is 14.8. The van der Waals surface area contributed by atoms with Gasteiger partial charge < -0.3 is 4.90 Å². The highest BCUT2D eigenvalue weighted by molar-refractivity contribution is 5.94. The number of aryl methyl sites for hydroxylation is 1. The summed E-state index contributed by atoms with van der Waals surface area (Å²) in [4.78, 5) is 13.9. The molecule has 0 unspecified atom stereocenters. The molecular formula is C14H18FNO. The maximum Gasteiger partial charge on any atom is 0.256 e. The minimum atomic E-state index is -0.421. The Bertz CT molecular complexity index is 426. The SMILES string of the molecule is CCN(CC1CC1)C(=O)c1cc(C)ccc1F. The lowest BCUT2D eigenvalue weighted by Gasteiger charge is -2.21. The van der Waals surface area contributed by atoms with E-state index in [-0.39, 0.29) is 11.5 Å². The predicted molar refractivity (Wildman–Crippen MR) is 65.4 cm³/mol. The average molecular weight is 235 g/mol. The van der Waals surface area contributed by atoms with Crippen LogP contribution in [0.15, 0.2) is 18.2 Å². The number of rotatable bonds is 4. The van der Waals surface area contributed by atoms with E-state index in [1.54, 1.807) is 17.0 Å². The van der Waals surface area contributed by atoms with Gasteiger partial charge >= 0.3 is 0 Å². The highest BCUT2D eigenvalue weighted by atomic mass is 19.1. The van der Waals surface area contributed by atoms with Gasteiger partial charge in [-0.15, -0.1) is 0 Å². The summed E-state index contributed by atoms with van der Waals surface area (Å²) in [7, 11) is 0. The van der Waals surface area contributed by atoms with E-state index in [4.69, 9.17) is 0 Å². The topological polar surface area (TPSA) is 20.3 Å². The first-order valence-electron chi connectivity index (χ1n) is 6.17. The van der Waals surface area contributed by atoms with Gasteiger partial charge in [0.1, 0.15) is 5.82 Å². The van der Waals surface area contributed by atoms with Crippen LogP contribution in [-0.2, 0) is 0 Å². The Morgan fingerprint density at radius 2 is 2.18 bits per heavy atom. The highest BCUT2D eigenvalue weighted by Gasteiger charge is 2.27. The first kappa shape index (κ1) is 12.1. The van der Waals surface area contributed by atoms with Crippen LogP contribution in [0.5, 0.6) is 0 Å². The van der Waals surface area contributed by atoms with Gasteiger partial charge in [0.25, 0.3) is 5.91 Å². The summed E-state index contributed by atoms with van der Waals surface area (Å²) < 4.78 is 13.6. The number of halogens is 1. The lowest BCUT2D eigenvalue weighted by Crippen LogP contribution is -2.33. The van der Waals surface area contributed by atoms with E-state index in [0.29, 0.717) is 12.5 Å². The molecule has 17 heavy (non-hydrogen) atoms. The molecule has 0 aliphatic heterocycles. The molecule has 0 saturated heterocycles. The Morgan fingerprint density at radius 1 is 1.47 bits per heavy atom. The molecule has 92 valence electrons. The smallest absolute Gasteiger partial charge is 0.256 e. The van der Waals surface area contributed by atoms with Crippen LogP contribution >= 0.6 is 0 Å². The van der Waals surface area contributed by atoms with Gasteiger partial charge in [-0.3, -0.25) is 4.79 Å². The number of hydrogen-bond donors (Lipinski definition) is 0. The molecule has 1 amide bonds. The number of hydrogen-bond acceptors (Lipinski definition) is 1. The van der Waals surface area contributed by atoms with Gasteiger partial charge in [-0.25, -0.2) is 4.39 Å². The Morgan fingerprint density at radius 3 is 2.76 bits per heavy atom. The molecule has 0 radical (unpaired) electrons. The molecule has 1 aliphatic rings. The summed E-state index contributed by atoms with van der Waals surface area (Å²) in [6.07, 6.45) is 2.39. The molecule has 2 rings (SSSR count). The Kier molecular flexibility index (Phi) is 3.46. The summed E-state index contributed by atoms with van der Waals surface area (Å²) >= 11 is 0. The fourth-order valence-electron chi connectivity index (χ4n) is 1.94. The van der Waals surface area contributed by atoms with Crippen LogP contribution in [0.2, 0.25) is 0 Å². The van der Waals surface area contributed by atoms with Crippen LogP contribution < -0.4 is 0 Å². The summed E-state index contributed by atoms with van der Waals surface area (Å²) in [6, 6.07) is 4.68. The third kappa shape index (κ3) is 2.84. The number of carbonyl (C=O) groups is 1. The largest absolute Gasteiger partial charge is 0.339 e. The van der Waals surface area contributed by atoms with Gasteiger partial charge in [0.2, 0.25) is 0 Å². The number of nitrogens with zero attached hydrogens (tertiary/aromatic N) is 1. The molecule has 0 bridgehead atoms. The second-order valence-corrected chi connectivity index (χ2v) is 4.77. The fourth-order valence-corrected chi connectivity index (χ4v) is 1.94. The Balaban J connectivity index is 2.18. The molecule has 0 N–H and O–H groups in total. The molecule has 3 heteroatoms. The second-order valence-electron chi connectivity index (χ2n) is 4.77. The van der Waals surface area contributed by atoms with Gasteiger partial charge in [0, 0.05) is 13.1 Å². The molecular weight excluding hydrogens is 217 g/mol. The van der Waals surface area contributed by atoms with Crippen molar-refractivity contribution in [2.24, 2.45) is 5.92 Å². The van der Waals surface area contributed by atoms with E-state index in [0.717, 1.165) is 12.1 Å². The zero-order valence-corrected chi connectivity index (χ0v) is 10.4. The van der Waals surface area contributed by atoms with Crippen molar-refractivity contribution in [1.82, 2.24) is 4.90 Å². The number of carbonyl (C=O) groups excluding carboxylic acids is 1. The molecule has 0 atom stereocenters. The quantitative estimate of drug-likeness (QED) is 0.785. The lowest BCUT2D eigenvalue weighted by molar-refractivity contribution is 0.0752. The van der Waals surface area contributed by atoms with Crippen molar-refractivity contribution in [3.8, 4) is 0 Å². The summed E-state index contributed by atoms with van der Waals surface area (Å²) in [5.41, 5.74) is 1.12. The van der Waals surface area contributed by atoms with Crippen LogP contribution in [0.3, 0.4) is 0 Å². The van der Waals surface area contributed by atoms with Crippen LogP contribution in [-0.4, -0.2) is 23.9 Å². The third-order valence-corrected chi connectivity index (χ3v) is 3.20. The van der Waals surface area contributed by atoms with Crippen LogP contribution in [0, 0.1) is 18.7 Å². The molecule has 2 nitrogen and oxygen atoms in total. The number of amides is 1. The van der Waals surface area contributed by atoms with Crippen molar-refractivity contribution >= 4 is 5.91 Å². The molecule has 0 aromatic heterocycles. The standard InChI is InChI=1S/C14H18FNO/c1-3-16(9-11-5-6-11)14(17)12-8-10(2)4-7-13(12)15/h4,7-8,11H,3,5-6,9H2,1-2H3. The Hall–Kier alpha value is -1.38. The molecule has 1 saturated carbocycles. The van der Waals surface area contributed by atoms with Crippen LogP contribution in [0.25, 0.3) is 0 Å². The first-order chi connectivity index (χ1) is 8.11. The van der Waals surface area contributed by atoms with Crippen molar-refractivity contribution in [2.75, 3.05) is 13.1 Å². The van der Waals surface area contributed by atoms with Gasteiger partial charge in [-0.05, 0) is 44.7 Å². The van der Waals surface area contributed by atoms with Gasteiger partial charge in [-0.1, -0.05) is 11.6 Å². The molecule has 1 aromatic carbocycles. The van der Waals surface area contributed by atoms with Crippen molar-refractivity contribution < 1.29 is 9.18 Å². The van der Waals surface area contributed by atoms with Crippen LogP contribution in [0.4, 0.5) is 4.39 Å². The summed E-state index contributed by atoms with van der Waals surface area (Å²) in [5, 5.41) is 0. The second kappa shape index (κ2) is 4.86.